The molecule has 0 aromatic carbocycles. The first-order chi connectivity index (χ1) is 18.3. The van der Waals surface area contributed by atoms with E-state index in [9.17, 15) is 34.2 Å². The maximum absolute atomic E-state index is 13.3. The molecule has 0 saturated heterocycles. The lowest BCUT2D eigenvalue weighted by atomic mass is 9.45. The average Bonchev–Trinajstić information content (AvgIpc) is 3.15. The number of aliphatic carboxylic acids is 1. The molecule has 1 amide bonds. The van der Waals surface area contributed by atoms with Crippen LogP contribution in [0.15, 0.2) is 11.6 Å². The summed E-state index contributed by atoms with van der Waals surface area (Å²) < 4.78 is 5.10. The summed E-state index contributed by atoms with van der Waals surface area (Å²) in [7, 11) is 0. The van der Waals surface area contributed by atoms with Gasteiger partial charge in [0.15, 0.2) is 12.4 Å². The normalized spacial score (nSPS) is 38.0. The Morgan fingerprint density at radius 1 is 1.15 bits per heavy atom. The molecule has 1 unspecified atom stereocenters. The minimum Gasteiger partial charge on any atom is -0.480 e. The molecule has 3 fully saturated rings. The Balaban J connectivity index is 1.39. The number of carboxylic acids is 1. The summed E-state index contributed by atoms with van der Waals surface area (Å²) >= 11 is 3.86. The second-order valence-electron chi connectivity index (χ2n) is 12.2. The van der Waals surface area contributed by atoms with Gasteiger partial charge in [0.25, 0.3) is 0 Å². The van der Waals surface area contributed by atoms with E-state index in [2.05, 4.69) is 24.9 Å². The number of carbonyl (C=O) groups is 5. The third-order valence-electron chi connectivity index (χ3n) is 10.2. The SMILES string of the molecule is C[C@]12CCC(=O)C=C1CC[C@@H]1[C@@H]2[C@@H](O)C[C@@]2(C)[C@H]1CC[C@]2(O)C(=O)COC(=O)CCC(=O)NC(CS)C(=O)O. The van der Waals surface area contributed by atoms with Gasteiger partial charge < -0.3 is 25.4 Å². The van der Waals surface area contributed by atoms with Crippen LogP contribution in [0.5, 0.6) is 0 Å². The molecule has 0 spiro atoms. The van der Waals surface area contributed by atoms with Gasteiger partial charge in [0.1, 0.15) is 11.6 Å². The van der Waals surface area contributed by atoms with E-state index in [0.29, 0.717) is 19.3 Å². The molecule has 39 heavy (non-hydrogen) atoms. The maximum atomic E-state index is 13.3. The van der Waals surface area contributed by atoms with Crippen molar-refractivity contribution in [1.29, 1.82) is 0 Å². The number of Topliss-reactive ketones (excluding diaryl/α,β-unsaturated/α-hetero) is 1. The minimum absolute atomic E-state index is 0.00395. The van der Waals surface area contributed by atoms with Crippen molar-refractivity contribution in [2.45, 2.75) is 89.4 Å². The van der Waals surface area contributed by atoms with E-state index in [0.717, 1.165) is 18.4 Å². The summed E-state index contributed by atoms with van der Waals surface area (Å²) in [6.45, 7) is 3.34. The number of rotatable bonds is 9. The first-order valence-electron chi connectivity index (χ1n) is 13.7. The Hall–Kier alpha value is -2.24. The number of carbonyl (C=O) groups excluding carboxylic acids is 4. The topological polar surface area (TPSA) is 167 Å². The van der Waals surface area contributed by atoms with E-state index >= 15 is 0 Å². The van der Waals surface area contributed by atoms with Crippen molar-refractivity contribution in [2.75, 3.05) is 12.4 Å². The van der Waals surface area contributed by atoms with Gasteiger partial charge in [-0.25, -0.2) is 4.79 Å². The molecular weight excluding hydrogens is 526 g/mol. The molecule has 0 aromatic heterocycles. The zero-order chi connectivity index (χ0) is 28.8. The van der Waals surface area contributed by atoms with Crippen molar-refractivity contribution >= 4 is 42.0 Å². The highest BCUT2D eigenvalue weighted by atomic mass is 32.1. The lowest BCUT2D eigenvalue weighted by molar-refractivity contribution is -0.184. The number of fused-ring (bicyclic) bond motifs is 5. The van der Waals surface area contributed by atoms with E-state index < -0.39 is 53.4 Å². The molecule has 0 heterocycles. The van der Waals surface area contributed by atoms with Gasteiger partial charge in [0.2, 0.25) is 11.7 Å². The van der Waals surface area contributed by atoms with Crippen molar-refractivity contribution in [3.05, 3.63) is 11.6 Å². The van der Waals surface area contributed by atoms with Crippen LogP contribution in [0.4, 0.5) is 0 Å². The first-order valence-corrected chi connectivity index (χ1v) is 14.4. The number of thiol groups is 1. The summed E-state index contributed by atoms with van der Waals surface area (Å²) in [6, 6.07) is -1.18. The van der Waals surface area contributed by atoms with Gasteiger partial charge in [-0.3, -0.25) is 19.2 Å². The third-order valence-corrected chi connectivity index (χ3v) is 10.6. The number of allylic oxidation sites excluding steroid dienone is 1. The molecule has 0 aromatic rings. The molecule has 8 atom stereocenters. The van der Waals surface area contributed by atoms with Crippen molar-refractivity contribution < 1.29 is 44.0 Å². The fourth-order valence-electron chi connectivity index (χ4n) is 8.16. The lowest BCUT2D eigenvalue weighted by Crippen LogP contribution is -2.62. The van der Waals surface area contributed by atoms with Crippen molar-refractivity contribution in [2.24, 2.45) is 28.6 Å². The number of aliphatic hydroxyl groups excluding tert-OH is 1. The molecule has 10 nitrogen and oxygen atoms in total. The number of aliphatic hydroxyl groups is 2. The zero-order valence-electron chi connectivity index (χ0n) is 22.5. The van der Waals surface area contributed by atoms with Gasteiger partial charge in [0.05, 0.1) is 12.5 Å². The van der Waals surface area contributed by atoms with E-state index in [-0.39, 0.29) is 60.4 Å². The highest BCUT2D eigenvalue weighted by molar-refractivity contribution is 7.80. The predicted molar refractivity (Wildman–Crippen MR) is 142 cm³/mol. The van der Waals surface area contributed by atoms with Gasteiger partial charge in [-0.05, 0) is 67.8 Å². The number of esters is 1. The van der Waals surface area contributed by atoms with Gasteiger partial charge >= 0.3 is 11.9 Å². The summed E-state index contributed by atoms with van der Waals surface area (Å²) in [5.74, 6) is -3.24. The van der Waals surface area contributed by atoms with E-state index in [1.165, 1.54) is 0 Å². The largest absolute Gasteiger partial charge is 0.480 e. The first kappa shape index (κ1) is 29.7. The summed E-state index contributed by atoms with van der Waals surface area (Å²) in [5, 5.41) is 34.4. The Labute approximate surface area is 233 Å². The predicted octanol–water partition coefficient (Wildman–Crippen LogP) is 1.61. The average molecular weight is 566 g/mol. The number of hydrogen-bond acceptors (Lipinski definition) is 9. The van der Waals surface area contributed by atoms with Crippen LogP contribution in [0.2, 0.25) is 0 Å². The Morgan fingerprint density at radius 2 is 1.87 bits per heavy atom. The Morgan fingerprint density at radius 3 is 2.54 bits per heavy atom. The molecule has 4 N–H and O–H groups in total. The maximum Gasteiger partial charge on any atom is 0.327 e. The number of amides is 1. The molecule has 0 bridgehead atoms. The Kier molecular flexibility index (Phi) is 8.36. The van der Waals surface area contributed by atoms with Crippen molar-refractivity contribution in [1.82, 2.24) is 5.32 Å². The van der Waals surface area contributed by atoms with E-state index in [1.807, 2.05) is 6.92 Å². The van der Waals surface area contributed by atoms with Crippen LogP contribution >= 0.6 is 12.6 Å². The molecule has 0 radical (unpaired) electrons. The molecule has 4 rings (SSSR count). The number of ether oxygens (including phenoxy) is 1. The van der Waals surface area contributed by atoms with Gasteiger partial charge in [-0.1, -0.05) is 19.4 Å². The monoisotopic (exact) mass is 565 g/mol. The van der Waals surface area contributed by atoms with Crippen LogP contribution < -0.4 is 5.32 Å². The molecule has 11 heteroatoms. The summed E-state index contributed by atoms with van der Waals surface area (Å²) in [5.41, 5.74) is -1.82. The molecular formula is C28H39NO9S. The van der Waals surface area contributed by atoms with Crippen LogP contribution in [0.25, 0.3) is 0 Å². The van der Waals surface area contributed by atoms with Crippen molar-refractivity contribution in [3.63, 3.8) is 0 Å². The third kappa shape index (κ3) is 5.17. The summed E-state index contributed by atoms with van der Waals surface area (Å²) in [4.78, 5) is 60.5. The second-order valence-corrected chi connectivity index (χ2v) is 12.6. The van der Waals surface area contributed by atoms with E-state index in [4.69, 9.17) is 9.84 Å². The second kappa shape index (κ2) is 11.0. The molecule has 4 aliphatic rings. The van der Waals surface area contributed by atoms with Gasteiger partial charge in [-0.15, -0.1) is 0 Å². The molecule has 3 saturated carbocycles. The summed E-state index contributed by atoms with van der Waals surface area (Å²) in [6.07, 6.45) is 4.12. The van der Waals surface area contributed by atoms with Crippen LogP contribution in [-0.2, 0) is 28.7 Å². The number of hydrogen-bond donors (Lipinski definition) is 5. The highest BCUT2D eigenvalue weighted by Gasteiger charge is 2.68. The zero-order valence-corrected chi connectivity index (χ0v) is 23.4. The van der Waals surface area contributed by atoms with Gasteiger partial charge in [-0.2, -0.15) is 12.6 Å². The van der Waals surface area contributed by atoms with Crippen LogP contribution in [0, 0.1) is 28.6 Å². The van der Waals surface area contributed by atoms with E-state index in [1.54, 1.807) is 6.08 Å². The van der Waals surface area contributed by atoms with Gasteiger partial charge in [0, 0.05) is 24.0 Å². The van der Waals surface area contributed by atoms with Crippen molar-refractivity contribution in [3.8, 4) is 0 Å². The number of nitrogens with one attached hydrogen (secondary N) is 1. The highest BCUT2D eigenvalue weighted by Crippen LogP contribution is 2.67. The number of ketones is 2. The van der Waals surface area contributed by atoms with Crippen LogP contribution in [-0.4, -0.2) is 74.8 Å². The lowest BCUT2D eigenvalue weighted by Gasteiger charge is -2.60. The number of carboxylic acid groups (broad SMARTS) is 1. The smallest absolute Gasteiger partial charge is 0.327 e. The molecule has 4 aliphatic carbocycles. The molecule has 216 valence electrons. The Bertz CT molecular complexity index is 1090. The van der Waals surface area contributed by atoms with Crippen LogP contribution in [0.1, 0.15) is 71.6 Å². The molecule has 0 aliphatic heterocycles. The minimum atomic E-state index is -1.76. The quantitative estimate of drug-likeness (QED) is 0.206. The standard InChI is InChI=1S/C28H39NO9S/c1-26-9-7-16(30)11-15(26)3-4-17-18-8-10-28(37,27(18,2)12-20(31)24(17)26)21(32)13-38-23(34)6-5-22(33)29-19(14-39)25(35)36/h11,17-20,24,31,37,39H,3-10,12-14H2,1-2H3,(H,29,33)(H,35,36)/t17-,18-,19?,20-,24+,26-,27-,28-/m0/s1. The fourth-order valence-corrected chi connectivity index (χ4v) is 8.40. The fraction of sp³-hybridized carbons (Fsp3) is 0.750. The van der Waals surface area contributed by atoms with Crippen LogP contribution in [0.3, 0.4) is 0 Å².